The Bertz CT molecular complexity index is 258. The molecule has 0 radical (unpaired) electrons. The van der Waals surface area contributed by atoms with E-state index in [1.165, 1.54) is 12.8 Å². The molecule has 2 atom stereocenters. The summed E-state index contributed by atoms with van der Waals surface area (Å²) < 4.78 is 5.28. The normalized spacial score (nSPS) is 34.5. The Kier molecular flexibility index (Phi) is 4.57. The van der Waals surface area contributed by atoms with E-state index in [9.17, 15) is 4.79 Å². The van der Waals surface area contributed by atoms with Gasteiger partial charge in [0.05, 0.1) is 6.61 Å². The van der Waals surface area contributed by atoms with E-state index in [0.29, 0.717) is 29.9 Å². The van der Waals surface area contributed by atoms with Crippen molar-refractivity contribution < 1.29 is 9.53 Å². The summed E-state index contributed by atoms with van der Waals surface area (Å²) in [5.74, 6) is 2.36. The maximum absolute atomic E-state index is 11.3. The van der Waals surface area contributed by atoms with E-state index in [1.54, 1.807) is 6.92 Å². The fourth-order valence-corrected chi connectivity index (χ4v) is 2.90. The molecule has 0 aromatic carbocycles. The van der Waals surface area contributed by atoms with Crippen molar-refractivity contribution >= 4 is 5.97 Å². The fraction of sp³-hybridized carbons (Fsp3) is 0.786. The molecule has 16 heavy (non-hydrogen) atoms. The van der Waals surface area contributed by atoms with Gasteiger partial charge in [-0.3, -0.25) is 0 Å². The predicted octanol–water partition coefficient (Wildman–Crippen LogP) is 3.42. The van der Waals surface area contributed by atoms with Crippen LogP contribution in [0.25, 0.3) is 0 Å². The van der Waals surface area contributed by atoms with Crippen LogP contribution in [0, 0.1) is 23.7 Å². The van der Waals surface area contributed by atoms with E-state index in [1.807, 2.05) is 0 Å². The quantitative estimate of drug-likeness (QED) is 0.542. The Morgan fingerprint density at radius 2 is 1.75 bits per heavy atom. The third-order valence-corrected chi connectivity index (χ3v) is 3.77. The number of carbonyl (C=O) groups excluding carboxylic acids is 1. The maximum atomic E-state index is 11.3. The average molecular weight is 224 g/mol. The van der Waals surface area contributed by atoms with Crippen molar-refractivity contribution in [3.05, 3.63) is 12.2 Å². The summed E-state index contributed by atoms with van der Waals surface area (Å²) in [4.78, 5) is 11.3. The SMILES string of the molecule is C=C(C)C(=O)OCC1C(C)CC(C)CC1C. The summed E-state index contributed by atoms with van der Waals surface area (Å²) >= 11 is 0. The molecule has 1 aliphatic carbocycles. The predicted molar refractivity (Wildman–Crippen MR) is 66.0 cm³/mol. The zero-order chi connectivity index (χ0) is 12.3. The van der Waals surface area contributed by atoms with Crippen LogP contribution in [0.3, 0.4) is 0 Å². The largest absolute Gasteiger partial charge is 0.462 e. The van der Waals surface area contributed by atoms with Gasteiger partial charge in [-0.1, -0.05) is 27.4 Å². The molecule has 0 saturated heterocycles. The topological polar surface area (TPSA) is 26.3 Å². The smallest absolute Gasteiger partial charge is 0.333 e. The van der Waals surface area contributed by atoms with Crippen molar-refractivity contribution in [3.8, 4) is 0 Å². The van der Waals surface area contributed by atoms with E-state index in [4.69, 9.17) is 4.74 Å². The molecular weight excluding hydrogens is 200 g/mol. The van der Waals surface area contributed by atoms with E-state index in [-0.39, 0.29) is 5.97 Å². The summed E-state index contributed by atoms with van der Waals surface area (Å²) in [7, 11) is 0. The molecule has 0 spiro atoms. The number of ether oxygens (including phenoxy) is 1. The second-order valence-corrected chi connectivity index (χ2v) is 5.57. The highest BCUT2D eigenvalue weighted by atomic mass is 16.5. The molecule has 0 aliphatic heterocycles. The third-order valence-electron chi connectivity index (χ3n) is 3.77. The number of rotatable bonds is 3. The minimum Gasteiger partial charge on any atom is -0.462 e. The van der Waals surface area contributed by atoms with Crippen LogP contribution >= 0.6 is 0 Å². The molecule has 0 amide bonds. The summed E-state index contributed by atoms with van der Waals surface area (Å²) in [5, 5.41) is 0. The van der Waals surface area contributed by atoms with Gasteiger partial charge in [0.2, 0.25) is 0 Å². The Morgan fingerprint density at radius 3 is 2.19 bits per heavy atom. The van der Waals surface area contributed by atoms with Crippen molar-refractivity contribution in [3.63, 3.8) is 0 Å². The van der Waals surface area contributed by atoms with Gasteiger partial charge in [-0.05, 0) is 43.4 Å². The minimum absolute atomic E-state index is 0.252. The van der Waals surface area contributed by atoms with Crippen LogP contribution in [-0.2, 0) is 9.53 Å². The van der Waals surface area contributed by atoms with Gasteiger partial charge in [0.1, 0.15) is 0 Å². The molecule has 0 aromatic heterocycles. The number of carbonyl (C=O) groups is 1. The van der Waals surface area contributed by atoms with Gasteiger partial charge in [0, 0.05) is 5.57 Å². The lowest BCUT2D eigenvalue weighted by atomic mass is 9.70. The van der Waals surface area contributed by atoms with Crippen molar-refractivity contribution in [2.45, 2.75) is 40.5 Å². The highest BCUT2D eigenvalue weighted by molar-refractivity contribution is 5.86. The lowest BCUT2D eigenvalue weighted by Gasteiger charge is -2.37. The first-order valence-electron chi connectivity index (χ1n) is 6.24. The highest BCUT2D eigenvalue weighted by Crippen LogP contribution is 2.37. The Balaban J connectivity index is 2.46. The summed E-state index contributed by atoms with van der Waals surface area (Å²) in [6, 6.07) is 0. The van der Waals surface area contributed by atoms with E-state index in [0.717, 1.165) is 5.92 Å². The van der Waals surface area contributed by atoms with Crippen LogP contribution in [0.5, 0.6) is 0 Å². The summed E-state index contributed by atoms with van der Waals surface area (Å²) in [5.41, 5.74) is 0.490. The minimum atomic E-state index is -0.252. The maximum Gasteiger partial charge on any atom is 0.333 e. The Morgan fingerprint density at radius 1 is 1.25 bits per heavy atom. The van der Waals surface area contributed by atoms with Crippen molar-refractivity contribution in [1.29, 1.82) is 0 Å². The molecule has 2 heteroatoms. The monoisotopic (exact) mass is 224 g/mol. The van der Waals surface area contributed by atoms with Gasteiger partial charge in [-0.2, -0.15) is 0 Å². The van der Waals surface area contributed by atoms with Crippen molar-refractivity contribution in [1.82, 2.24) is 0 Å². The standard InChI is InChI=1S/C14H24O2/c1-9(2)14(15)16-8-13-11(4)6-10(3)7-12(13)5/h10-13H,1,6-8H2,2-5H3. The van der Waals surface area contributed by atoms with Crippen LogP contribution in [0.1, 0.15) is 40.5 Å². The van der Waals surface area contributed by atoms with Gasteiger partial charge in [-0.15, -0.1) is 0 Å². The van der Waals surface area contributed by atoms with Gasteiger partial charge in [0.15, 0.2) is 0 Å². The molecule has 2 unspecified atom stereocenters. The van der Waals surface area contributed by atoms with E-state index in [2.05, 4.69) is 27.4 Å². The molecule has 1 saturated carbocycles. The van der Waals surface area contributed by atoms with Crippen molar-refractivity contribution in [2.24, 2.45) is 23.7 Å². The van der Waals surface area contributed by atoms with Crippen LogP contribution in [0.15, 0.2) is 12.2 Å². The number of hydrogen-bond donors (Lipinski definition) is 0. The van der Waals surface area contributed by atoms with Crippen LogP contribution < -0.4 is 0 Å². The third kappa shape index (κ3) is 3.36. The molecule has 0 bridgehead atoms. The van der Waals surface area contributed by atoms with Crippen molar-refractivity contribution in [2.75, 3.05) is 6.61 Å². The molecule has 92 valence electrons. The first-order valence-corrected chi connectivity index (χ1v) is 6.24. The second-order valence-electron chi connectivity index (χ2n) is 5.57. The first-order chi connectivity index (χ1) is 7.41. The zero-order valence-corrected chi connectivity index (χ0v) is 11.0. The van der Waals surface area contributed by atoms with Gasteiger partial charge in [-0.25, -0.2) is 4.79 Å². The lowest BCUT2D eigenvalue weighted by Crippen LogP contribution is -2.33. The Hall–Kier alpha value is -0.790. The van der Waals surface area contributed by atoms with Gasteiger partial charge in [0.25, 0.3) is 0 Å². The van der Waals surface area contributed by atoms with Crippen LogP contribution in [0.4, 0.5) is 0 Å². The van der Waals surface area contributed by atoms with Gasteiger partial charge < -0.3 is 4.74 Å². The average Bonchev–Trinajstić information content (AvgIpc) is 2.15. The molecule has 1 rings (SSSR count). The van der Waals surface area contributed by atoms with E-state index < -0.39 is 0 Å². The first kappa shape index (κ1) is 13.3. The number of hydrogen-bond acceptors (Lipinski definition) is 2. The highest BCUT2D eigenvalue weighted by Gasteiger charge is 2.32. The van der Waals surface area contributed by atoms with E-state index >= 15 is 0 Å². The molecule has 1 fully saturated rings. The molecule has 0 aromatic rings. The zero-order valence-electron chi connectivity index (χ0n) is 11.0. The molecular formula is C14H24O2. The second kappa shape index (κ2) is 5.51. The summed E-state index contributed by atoms with van der Waals surface area (Å²) in [6.07, 6.45) is 2.50. The fourth-order valence-electron chi connectivity index (χ4n) is 2.90. The number of esters is 1. The Labute approximate surface area is 99.1 Å². The van der Waals surface area contributed by atoms with Gasteiger partial charge >= 0.3 is 5.97 Å². The van der Waals surface area contributed by atoms with Crippen LogP contribution in [0.2, 0.25) is 0 Å². The lowest BCUT2D eigenvalue weighted by molar-refractivity contribution is -0.142. The molecule has 0 N–H and O–H groups in total. The summed E-state index contributed by atoms with van der Waals surface area (Å²) in [6.45, 7) is 12.7. The molecule has 0 heterocycles. The van der Waals surface area contributed by atoms with Crippen LogP contribution in [-0.4, -0.2) is 12.6 Å². The molecule has 2 nitrogen and oxygen atoms in total. The molecule has 1 aliphatic rings.